The zero-order chi connectivity index (χ0) is 39.9. The molecule has 0 amide bonds. The molecule has 0 spiro atoms. The van der Waals surface area contributed by atoms with E-state index in [0.29, 0.717) is 0 Å². The number of hydrogen-bond donors (Lipinski definition) is 0. The van der Waals surface area contributed by atoms with Gasteiger partial charge in [-0.2, -0.15) is 0 Å². The predicted molar refractivity (Wildman–Crippen MR) is 246 cm³/mol. The highest BCUT2D eigenvalue weighted by Gasteiger charge is 2.00. The van der Waals surface area contributed by atoms with Crippen LogP contribution < -0.4 is 0 Å². The molecule has 0 radical (unpaired) electrons. The Morgan fingerprint density at radius 3 is 0.679 bits per heavy atom. The average Bonchev–Trinajstić information content (AvgIpc) is 3.20. The Balaban J connectivity index is 0.000000143. The fourth-order valence-corrected chi connectivity index (χ4v) is 6.35. The van der Waals surface area contributed by atoms with Gasteiger partial charge in [0.1, 0.15) is 0 Å². The minimum atomic E-state index is 0.781. The SMILES string of the molecule is Cc1ccc(-c2cccc(C)c2)cc1.Cc1ccc(-c2cccc(C)c2)cc1.Cc1ccc(-c2cccc(Cl)c2)cc1.Cc1ccc(-c2cccc(Cl)c2)cc1. The van der Waals surface area contributed by atoms with Crippen molar-refractivity contribution < 1.29 is 0 Å². The maximum absolute atomic E-state index is 5.93. The Bertz CT molecular complexity index is 2060. The maximum atomic E-state index is 5.93. The maximum Gasteiger partial charge on any atom is 0.0412 e. The third kappa shape index (κ3) is 13.3. The second-order valence-corrected chi connectivity index (χ2v) is 15.1. The van der Waals surface area contributed by atoms with Crippen LogP contribution in [0.25, 0.3) is 44.5 Å². The number of hydrogen-bond acceptors (Lipinski definition) is 0. The van der Waals surface area contributed by atoms with Crippen molar-refractivity contribution in [3.8, 4) is 44.5 Å². The molecule has 0 heterocycles. The van der Waals surface area contributed by atoms with Crippen LogP contribution >= 0.6 is 23.2 Å². The molecule has 0 aliphatic rings. The Labute approximate surface area is 345 Å². The number of benzene rings is 8. The number of halogens is 2. The largest absolute Gasteiger partial charge is 0.0843 e. The van der Waals surface area contributed by atoms with Gasteiger partial charge in [-0.15, -0.1) is 0 Å². The zero-order valence-corrected chi connectivity index (χ0v) is 34.7. The molecular weight excluding hydrogens is 719 g/mol. The van der Waals surface area contributed by atoms with Crippen molar-refractivity contribution in [3.63, 3.8) is 0 Å². The van der Waals surface area contributed by atoms with Crippen molar-refractivity contribution in [2.75, 3.05) is 0 Å². The average molecular weight is 770 g/mol. The summed E-state index contributed by atoms with van der Waals surface area (Å²) >= 11 is 11.9. The summed E-state index contributed by atoms with van der Waals surface area (Å²) in [5.41, 5.74) is 17.7. The summed E-state index contributed by atoms with van der Waals surface area (Å²) in [5, 5.41) is 1.56. The quantitative estimate of drug-likeness (QED) is 0.167. The molecular formula is C54H50Cl2. The van der Waals surface area contributed by atoms with Crippen LogP contribution in [0.2, 0.25) is 10.0 Å². The molecule has 8 aromatic carbocycles. The third-order valence-electron chi connectivity index (χ3n) is 9.22. The highest BCUT2D eigenvalue weighted by Crippen LogP contribution is 2.25. The van der Waals surface area contributed by atoms with E-state index in [1.54, 1.807) is 0 Å². The Morgan fingerprint density at radius 1 is 0.214 bits per heavy atom. The van der Waals surface area contributed by atoms with Crippen molar-refractivity contribution in [1.82, 2.24) is 0 Å². The molecule has 0 saturated carbocycles. The monoisotopic (exact) mass is 768 g/mol. The molecule has 0 aromatic heterocycles. The topological polar surface area (TPSA) is 0 Å². The van der Waals surface area contributed by atoms with E-state index in [4.69, 9.17) is 23.2 Å². The molecule has 0 aliphatic carbocycles. The summed E-state index contributed by atoms with van der Waals surface area (Å²) < 4.78 is 0. The molecule has 0 atom stereocenters. The highest BCUT2D eigenvalue weighted by atomic mass is 35.5. The van der Waals surface area contributed by atoms with E-state index in [-0.39, 0.29) is 0 Å². The van der Waals surface area contributed by atoms with E-state index < -0.39 is 0 Å². The molecule has 0 fully saturated rings. The van der Waals surface area contributed by atoms with Gasteiger partial charge in [-0.1, -0.05) is 226 Å². The standard InChI is InChI=1S/2C14H14.2C13H11Cl/c2*1-11-6-8-13(9-7-11)14-5-3-4-12(2)10-14;2*1-10-5-7-11(8-6-10)12-3-2-4-13(14)9-12/h2*3-10H,1-2H3;2*2-9H,1H3. The second-order valence-electron chi connectivity index (χ2n) is 14.2. The summed E-state index contributed by atoms with van der Waals surface area (Å²) in [5.74, 6) is 0. The molecule has 0 bridgehead atoms. The van der Waals surface area contributed by atoms with Gasteiger partial charge in [0.15, 0.2) is 0 Å². The molecule has 280 valence electrons. The first-order chi connectivity index (χ1) is 27.0. The fraction of sp³-hybridized carbons (Fsp3) is 0.111. The molecule has 8 aromatic rings. The number of rotatable bonds is 4. The lowest BCUT2D eigenvalue weighted by Gasteiger charge is -2.02. The summed E-state index contributed by atoms with van der Waals surface area (Å²) in [6.45, 7) is 12.6. The molecule has 0 saturated heterocycles. The molecule has 2 heteroatoms. The van der Waals surface area contributed by atoms with Crippen molar-refractivity contribution in [2.45, 2.75) is 41.5 Å². The third-order valence-corrected chi connectivity index (χ3v) is 9.70. The first kappa shape index (κ1) is 41.5. The first-order valence-corrected chi connectivity index (χ1v) is 19.7. The van der Waals surface area contributed by atoms with E-state index in [9.17, 15) is 0 Å². The van der Waals surface area contributed by atoms with E-state index in [1.165, 1.54) is 66.8 Å². The van der Waals surface area contributed by atoms with E-state index in [1.807, 2.05) is 36.4 Å². The molecule has 0 aliphatic heterocycles. The summed E-state index contributed by atoms with van der Waals surface area (Å²) in [6, 6.07) is 67.1. The Morgan fingerprint density at radius 2 is 0.446 bits per heavy atom. The van der Waals surface area contributed by atoms with Crippen LogP contribution in [0.5, 0.6) is 0 Å². The van der Waals surface area contributed by atoms with Gasteiger partial charge in [0.05, 0.1) is 0 Å². The lowest BCUT2D eigenvalue weighted by molar-refractivity contribution is 1.44. The molecule has 0 unspecified atom stereocenters. The van der Waals surface area contributed by atoms with Gasteiger partial charge >= 0.3 is 0 Å². The molecule has 0 nitrogen and oxygen atoms in total. The summed E-state index contributed by atoms with van der Waals surface area (Å²) in [6.07, 6.45) is 0. The lowest BCUT2D eigenvalue weighted by Crippen LogP contribution is -1.79. The van der Waals surface area contributed by atoms with Crippen LogP contribution in [0, 0.1) is 41.5 Å². The van der Waals surface area contributed by atoms with Crippen molar-refractivity contribution in [2.24, 2.45) is 0 Å². The Kier molecular flexibility index (Phi) is 15.5. The Hall–Kier alpha value is -5.66. The van der Waals surface area contributed by atoms with E-state index in [2.05, 4.69) is 199 Å². The predicted octanol–water partition coefficient (Wildman–Crippen LogP) is 16.6. The van der Waals surface area contributed by atoms with Crippen LogP contribution in [0.15, 0.2) is 194 Å². The first-order valence-electron chi connectivity index (χ1n) is 18.9. The summed E-state index contributed by atoms with van der Waals surface area (Å²) in [4.78, 5) is 0. The van der Waals surface area contributed by atoms with Crippen LogP contribution in [-0.2, 0) is 0 Å². The van der Waals surface area contributed by atoms with Crippen LogP contribution in [-0.4, -0.2) is 0 Å². The highest BCUT2D eigenvalue weighted by molar-refractivity contribution is 6.31. The van der Waals surface area contributed by atoms with Gasteiger partial charge in [-0.05, 0) is 110 Å². The summed E-state index contributed by atoms with van der Waals surface area (Å²) in [7, 11) is 0. The van der Waals surface area contributed by atoms with Gasteiger partial charge < -0.3 is 0 Å². The minimum absolute atomic E-state index is 0.781. The molecule has 8 rings (SSSR count). The van der Waals surface area contributed by atoms with Crippen molar-refractivity contribution in [3.05, 3.63) is 238 Å². The van der Waals surface area contributed by atoms with E-state index in [0.717, 1.165) is 21.2 Å². The second kappa shape index (κ2) is 20.9. The molecule has 56 heavy (non-hydrogen) atoms. The van der Waals surface area contributed by atoms with Crippen LogP contribution in [0.3, 0.4) is 0 Å². The fourth-order valence-electron chi connectivity index (χ4n) is 5.97. The van der Waals surface area contributed by atoms with Gasteiger partial charge in [0, 0.05) is 10.0 Å². The van der Waals surface area contributed by atoms with Gasteiger partial charge in [0.2, 0.25) is 0 Å². The van der Waals surface area contributed by atoms with Crippen LogP contribution in [0.1, 0.15) is 33.4 Å². The number of aryl methyl sites for hydroxylation is 6. The normalized spacial score (nSPS) is 10.1. The van der Waals surface area contributed by atoms with E-state index >= 15 is 0 Å². The van der Waals surface area contributed by atoms with Gasteiger partial charge in [0.25, 0.3) is 0 Å². The van der Waals surface area contributed by atoms with Gasteiger partial charge in [-0.3, -0.25) is 0 Å². The van der Waals surface area contributed by atoms with Crippen molar-refractivity contribution >= 4 is 23.2 Å². The van der Waals surface area contributed by atoms with Crippen molar-refractivity contribution in [1.29, 1.82) is 0 Å². The lowest BCUT2D eigenvalue weighted by atomic mass is 10.0. The molecule has 0 N–H and O–H groups in total. The smallest absolute Gasteiger partial charge is 0.0412 e. The van der Waals surface area contributed by atoms with Gasteiger partial charge in [-0.25, -0.2) is 0 Å². The van der Waals surface area contributed by atoms with Crippen LogP contribution in [0.4, 0.5) is 0 Å². The minimum Gasteiger partial charge on any atom is -0.0843 e. The zero-order valence-electron chi connectivity index (χ0n) is 33.2.